The van der Waals surface area contributed by atoms with Gasteiger partial charge >= 0.3 is 0 Å². The van der Waals surface area contributed by atoms with Crippen molar-refractivity contribution in [1.82, 2.24) is 14.4 Å². The van der Waals surface area contributed by atoms with Gasteiger partial charge in [0.2, 0.25) is 0 Å². The Kier molecular flexibility index (Phi) is 8.12. The highest BCUT2D eigenvalue weighted by Crippen LogP contribution is 2.40. The van der Waals surface area contributed by atoms with Crippen molar-refractivity contribution in [2.75, 3.05) is 0 Å². The van der Waals surface area contributed by atoms with Gasteiger partial charge in [0.1, 0.15) is 11.2 Å². The standard InChI is InChI=1S/C51H34N4/c1-4-17-35(18-5-1)42-28-16-30-44(52-48(37-21-8-3-9-22-37)47(42)36-19-6-2-7-20-36)40-25-14-23-38(33-40)39-24-15-26-41(34-39)49-51-50(43-27-10-11-29-45(43)53-49)54-46-31-12-13-32-55(46)51/h1-34H/b28-16?,30-16?,42-28?,44-30?,47-42?,48-47-,52-44?,52-48?. The third kappa shape index (κ3) is 5.96. The molecule has 4 heteroatoms. The minimum atomic E-state index is 0.886. The lowest BCUT2D eigenvalue weighted by molar-refractivity contribution is 1.22. The monoisotopic (exact) mass is 702 g/mol. The first-order chi connectivity index (χ1) is 27.3. The van der Waals surface area contributed by atoms with Gasteiger partial charge in [0.05, 0.1) is 28.1 Å². The second kappa shape index (κ2) is 13.8. The normalized spacial score (nSPS) is 14.5. The quantitative estimate of drug-likeness (QED) is 0.173. The Hall–Kier alpha value is -7.43. The van der Waals surface area contributed by atoms with Crippen molar-refractivity contribution in [3.8, 4) is 22.4 Å². The van der Waals surface area contributed by atoms with Crippen LogP contribution in [0.1, 0.15) is 22.3 Å². The summed E-state index contributed by atoms with van der Waals surface area (Å²) in [4.78, 5) is 15.8. The van der Waals surface area contributed by atoms with Crippen LogP contribution in [0, 0.1) is 0 Å². The van der Waals surface area contributed by atoms with Gasteiger partial charge in [-0.1, -0.05) is 164 Å². The number of nitrogens with zero attached hydrogens (tertiary/aromatic N) is 4. The van der Waals surface area contributed by atoms with Crippen molar-refractivity contribution in [2.45, 2.75) is 0 Å². The van der Waals surface area contributed by atoms with E-state index in [0.717, 1.165) is 94.8 Å². The minimum absolute atomic E-state index is 0.886. The number of pyridine rings is 2. The summed E-state index contributed by atoms with van der Waals surface area (Å²) in [6, 6.07) is 63.5. The molecule has 0 N–H and O–H groups in total. The van der Waals surface area contributed by atoms with Crippen LogP contribution in [0.25, 0.3) is 66.8 Å². The number of benzene rings is 6. The van der Waals surface area contributed by atoms with Gasteiger partial charge in [0, 0.05) is 33.8 Å². The Balaban J connectivity index is 1.12. The number of hydrogen-bond acceptors (Lipinski definition) is 3. The van der Waals surface area contributed by atoms with Gasteiger partial charge in [-0.05, 0) is 64.2 Å². The number of hydrogen-bond donors (Lipinski definition) is 0. The summed E-state index contributed by atoms with van der Waals surface area (Å²) in [6.45, 7) is 0. The fraction of sp³-hybridized carbons (Fsp3) is 0. The molecular weight excluding hydrogens is 669 g/mol. The van der Waals surface area contributed by atoms with Crippen molar-refractivity contribution in [1.29, 1.82) is 0 Å². The number of allylic oxidation sites excluding steroid dienone is 5. The average molecular weight is 703 g/mol. The average Bonchev–Trinajstić information content (AvgIpc) is 3.65. The van der Waals surface area contributed by atoms with Crippen LogP contribution in [0.2, 0.25) is 0 Å². The van der Waals surface area contributed by atoms with Crippen LogP contribution in [-0.4, -0.2) is 20.1 Å². The highest BCUT2D eigenvalue weighted by molar-refractivity contribution is 6.20. The van der Waals surface area contributed by atoms with Gasteiger partial charge in [-0.25, -0.2) is 15.0 Å². The van der Waals surface area contributed by atoms with E-state index in [0.29, 0.717) is 0 Å². The molecule has 0 saturated carbocycles. The van der Waals surface area contributed by atoms with Gasteiger partial charge in [-0.3, -0.25) is 4.40 Å². The van der Waals surface area contributed by atoms with E-state index in [9.17, 15) is 0 Å². The smallest absolute Gasteiger partial charge is 0.137 e. The van der Waals surface area contributed by atoms with Crippen LogP contribution in [0.4, 0.5) is 0 Å². The molecule has 0 atom stereocenters. The van der Waals surface area contributed by atoms with Crippen molar-refractivity contribution < 1.29 is 0 Å². The molecule has 0 saturated heterocycles. The van der Waals surface area contributed by atoms with Gasteiger partial charge in [0.25, 0.3) is 0 Å². The molecule has 0 bridgehead atoms. The number of para-hydroxylation sites is 1. The minimum Gasteiger partial charge on any atom is -0.298 e. The highest BCUT2D eigenvalue weighted by atomic mass is 15.0. The molecule has 0 fully saturated rings. The number of fused-ring (bicyclic) bond motifs is 5. The molecule has 0 radical (unpaired) electrons. The summed E-state index contributed by atoms with van der Waals surface area (Å²) in [5, 5.41) is 1.05. The molecule has 55 heavy (non-hydrogen) atoms. The second-order valence-electron chi connectivity index (χ2n) is 13.6. The van der Waals surface area contributed by atoms with E-state index < -0.39 is 0 Å². The summed E-state index contributed by atoms with van der Waals surface area (Å²) in [6.07, 6.45) is 8.55. The zero-order valence-electron chi connectivity index (χ0n) is 29.9. The van der Waals surface area contributed by atoms with E-state index in [4.69, 9.17) is 15.0 Å². The molecule has 4 nitrogen and oxygen atoms in total. The molecule has 1 aliphatic rings. The summed E-state index contributed by atoms with van der Waals surface area (Å²) in [5.74, 6) is 0. The topological polar surface area (TPSA) is 42.5 Å². The Morgan fingerprint density at radius 3 is 1.82 bits per heavy atom. The Bertz CT molecular complexity index is 3010. The first-order valence-corrected chi connectivity index (χ1v) is 18.5. The molecule has 6 aromatic carbocycles. The number of aromatic nitrogens is 3. The Labute approximate surface area is 319 Å². The van der Waals surface area contributed by atoms with Gasteiger partial charge < -0.3 is 0 Å². The maximum absolute atomic E-state index is 5.54. The van der Waals surface area contributed by atoms with Crippen LogP contribution in [0.15, 0.2) is 211 Å². The summed E-state index contributed by atoms with van der Waals surface area (Å²) >= 11 is 0. The zero-order chi connectivity index (χ0) is 36.6. The molecule has 1 aliphatic heterocycles. The molecule has 0 spiro atoms. The first-order valence-electron chi connectivity index (χ1n) is 18.5. The van der Waals surface area contributed by atoms with Gasteiger partial charge in [-0.15, -0.1) is 0 Å². The molecule has 4 heterocycles. The molecule has 0 unspecified atom stereocenters. The third-order valence-electron chi connectivity index (χ3n) is 10.2. The fourth-order valence-corrected chi connectivity index (χ4v) is 7.64. The predicted molar refractivity (Wildman–Crippen MR) is 229 cm³/mol. The van der Waals surface area contributed by atoms with E-state index in [1.165, 1.54) is 0 Å². The summed E-state index contributed by atoms with van der Waals surface area (Å²) in [5.41, 5.74) is 16.3. The summed E-state index contributed by atoms with van der Waals surface area (Å²) < 4.78 is 2.15. The maximum atomic E-state index is 5.54. The lowest BCUT2D eigenvalue weighted by atomic mass is 9.87. The molecule has 0 aliphatic carbocycles. The van der Waals surface area contributed by atoms with E-state index in [2.05, 4.69) is 187 Å². The predicted octanol–water partition coefficient (Wildman–Crippen LogP) is 12.4. The molecular formula is C51H34N4. The van der Waals surface area contributed by atoms with Crippen molar-refractivity contribution in [3.05, 3.63) is 229 Å². The number of imidazole rings is 1. The molecule has 10 rings (SSSR count). The number of aliphatic imine (C=N–C) groups is 1. The van der Waals surface area contributed by atoms with E-state index in [1.807, 2.05) is 24.3 Å². The first kappa shape index (κ1) is 32.2. The van der Waals surface area contributed by atoms with Crippen molar-refractivity contribution in [3.63, 3.8) is 0 Å². The van der Waals surface area contributed by atoms with Crippen molar-refractivity contribution in [2.24, 2.45) is 4.99 Å². The molecule has 258 valence electrons. The lowest BCUT2D eigenvalue weighted by Gasteiger charge is -2.19. The largest absolute Gasteiger partial charge is 0.298 e. The van der Waals surface area contributed by atoms with E-state index in [1.54, 1.807) is 0 Å². The van der Waals surface area contributed by atoms with Gasteiger partial charge in [0.15, 0.2) is 0 Å². The maximum Gasteiger partial charge on any atom is 0.137 e. The SMILES string of the molecule is C1=CC(c2cccc(-c3cccc(-c4nc5ccccc5c5nc6ccccn6c45)c3)c2)=N/C(c2ccccc2)=C(/c2ccccc2)C(c2ccccc2)=C1. The van der Waals surface area contributed by atoms with Crippen molar-refractivity contribution >= 4 is 50.1 Å². The number of rotatable bonds is 6. The van der Waals surface area contributed by atoms with Crippen LogP contribution in [0.5, 0.6) is 0 Å². The highest BCUT2D eigenvalue weighted by Gasteiger charge is 2.20. The van der Waals surface area contributed by atoms with Crippen LogP contribution in [0.3, 0.4) is 0 Å². The third-order valence-corrected chi connectivity index (χ3v) is 10.2. The molecule has 9 aromatic rings. The Morgan fingerprint density at radius 1 is 0.455 bits per heavy atom. The van der Waals surface area contributed by atoms with Crippen LogP contribution >= 0.6 is 0 Å². The van der Waals surface area contributed by atoms with E-state index in [-0.39, 0.29) is 0 Å². The molecule has 0 amide bonds. The lowest BCUT2D eigenvalue weighted by Crippen LogP contribution is -2.03. The zero-order valence-corrected chi connectivity index (χ0v) is 29.9. The van der Waals surface area contributed by atoms with Gasteiger partial charge in [-0.2, -0.15) is 0 Å². The second-order valence-corrected chi connectivity index (χ2v) is 13.6. The van der Waals surface area contributed by atoms with E-state index >= 15 is 0 Å². The van der Waals surface area contributed by atoms with Crippen LogP contribution < -0.4 is 0 Å². The Morgan fingerprint density at radius 2 is 1.05 bits per heavy atom. The summed E-state index contributed by atoms with van der Waals surface area (Å²) in [7, 11) is 0. The molecule has 3 aromatic heterocycles. The van der Waals surface area contributed by atoms with Crippen LogP contribution in [-0.2, 0) is 0 Å². The fourth-order valence-electron chi connectivity index (χ4n) is 7.64.